The molecule has 0 unspecified atom stereocenters. The van der Waals surface area contributed by atoms with Crippen LogP contribution in [0.5, 0.6) is 11.5 Å². The van der Waals surface area contributed by atoms with Crippen molar-refractivity contribution in [2.75, 3.05) is 13.7 Å². The van der Waals surface area contributed by atoms with Crippen molar-refractivity contribution in [2.45, 2.75) is 0 Å². The van der Waals surface area contributed by atoms with Gasteiger partial charge < -0.3 is 9.47 Å². The first-order valence-corrected chi connectivity index (χ1v) is 8.08. The predicted molar refractivity (Wildman–Crippen MR) is 98.4 cm³/mol. The Labute approximate surface area is 152 Å². The molecule has 0 aromatic heterocycles. The van der Waals surface area contributed by atoms with Gasteiger partial charge in [-0.2, -0.15) is 5.10 Å². The van der Waals surface area contributed by atoms with Crippen LogP contribution < -0.4 is 14.9 Å². The largest absolute Gasteiger partial charge is 0.497 e. The van der Waals surface area contributed by atoms with Crippen molar-refractivity contribution in [3.63, 3.8) is 0 Å². The molecule has 0 fully saturated rings. The van der Waals surface area contributed by atoms with Crippen molar-refractivity contribution >= 4 is 46.3 Å². The first kappa shape index (κ1) is 17.6. The van der Waals surface area contributed by atoms with Gasteiger partial charge in [0.15, 0.2) is 6.61 Å². The molecule has 1 amide bonds. The van der Waals surface area contributed by atoms with E-state index in [0.717, 1.165) is 14.9 Å². The molecule has 5 nitrogen and oxygen atoms in total. The SMILES string of the molecule is COc1ccc(/C=N/NC(=O)COc2ccc(Cl)cc2I)cc1. The van der Waals surface area contributed by atoms with E-state index in [1.54, 1.807) is 31.5 Å². The Morgan fingerprint density at radius 1 is 1.30 bits per heavy atom. The van der Waals surface area contributed by atoms with Crippen LogP contribution in [0.15, 0.2) is 47.6 Å². The van der Waals surface area contributed by atoms with Crippen LogP contribution in [-0.4, -0.2) is 25.8 Å². The van der Waals surface area contributed by atoms with Crippen LogP contribution in [0.4, 0.5) is 0 Å². The maximum absolute atomic E-state index is 11.7. The third-order valence-electron chi connectivity index (χ3n) is 2.77. The van der Waals surface area contributed by atoms with Crippen LogP contribution >= 0.6 is 34.2 Å². The second kappa shape index (κ2) is 8.73. The maximum Gasteiger partial charge on any atom is 0.277 e. The summed E-state index contributed by atoms with van der Waals surface area (Å²) in [5.41, 5.74) is 3.25. The Kier molecular flexibility index (Phi) is 6.66. The van der Waals surface area contributed by atoms with Crippen molar-refractivity contribution in [2.24, 2.45) is 5.10 Å². The molecule has 0 aliphatic rings. The summed E-state index contributed by atoms with van der Waals surface area (Å²) in [6, 6.07) is 12.5. The molecule has 1 N–H and O–H groups in total. The van der Waals surface area contributed by atoms with E-state index in [1.807, 2.05) is 24.3 Å². The summed E-state index contributed by atoms with van der Waals surface area (Å²) in [7, 11) is 1.60. The number of hydrogen-bond acceptors (Lipinski definition) is 4. The number of amides is 1. The Balaban J connectivity index is 1.81. The van der Waals surface area contributed by atoms with Crippen LogP contribution in [0.2, 0.25) is 5.02 Å². The van der Waals surface area contributed by atoms with E-state index in [1.165, 1.54) is 0 Å². The van der Waals surface area contributed by atoms with E-state index in [4.69, 9.17) is 21.1 Å². The quantitative estimate of drug-likeness (QED) is 0.422. The average Bonchev–Trinajstić information content (AvgIpc) is 2.54. The van der Waals surface area contributed by atoms with Crippen molar-refractivity contribution in [1.82, 2.24) is 5.43 Å². The van der Waals surface area contributed by atoms with Crippen LogP contribution in [0, 0.1) is 3.57 Å². The molecule has 0 aliphatic carbocycles. The Bertz CT molecular complexity index is 705. The molecule has 0 radical (unpaired) electrons. The molecule has 0 atom stereocenters. The number of benzene rings is 2. The summed E-state index contributed by atoms with van der Waals surface area (Å²) < 4.78 is 11.3. The van der Waals surface area contributed by atoms with E-state index in [-0.39, 0.29) is 12.5 Å². The lowest BCUT2D eigenvalue weighted by Gasteiger charge is -2.07. The number of hydrogen-bond donors (Lipinski definition) is 1. The molecule has 7 heteroatoms. The summed E-state index contributed by atoms with van der Waals surface area (Å²) in [6.45, 7) is -0.127. The van der Waals surface area contributed by atoms with E-state index in [0.29, 0.717) is 10.8 Å². The maximum atomic E-state index is 11.7. The van der Waals surface area contributed by atoms with Gasteiger partial charge in [-0.3, -0.25) is 4.79 Å². The minimum absolute atomic E-state index is 0.127. The Hall–Kier alpha value is -1.80. The Morgan fingerprint density at radius 2 is 2.04 bits per heavy atom. The fraction of sp³-hybridized carbons (Fsp3) is 0.125. The monoisotopic (exact) mass is 444 g/mol. The van der Waals surface area contributed by atoms with E-state index >= 15 is 0 Å². The van der Waals surface area contributed by atoms with Gasteiger partial charge in [0.1, 0.15) is 11.5 Å². The molecule has 0 bridgehead atoms. The molecular formula is C16H14ClIN2O3. The molecule has 0 aliphatic heterocycles. The van der Waals surface area contributed by atoms with Crippen molar-refractivity contribution in [3.05, 3.63) is 56.6 Å². The molecule has 0 saturated carbocycles. The second-order valence-corrected chi connectivity index (χ2v) is 6.03. The van der Waals surface area contributed by atoms with Gasteiger partial charge in [0.05, 0.1) is 16.9 Å². The molecule has 2 rings (SSSR count). The zero-order valence-corrected chi connectivity index (χ0v) is 15.2. The van der Waals surface area contributed by atoms with Crippen LogP contribution in [-0.2, 0) is 4.79 Å². The fourth-order valence-electron chi connectivity index (χ4n) is 1.64. The van der Waals surface area contributed by atoms with E-state index < -0.39 is 0 Å². The number of hydrazone groups is 1. The van der Waals surface area contributed by atoms with Crippen LogP contribution in [0.25, 0.3) is 0 Å². The molecule has 2 aromatic rings. The minimum atomic E-state index is -0.347. The molecule has 23 heavy (non-hydrogen) atoms. The Morgan fingerprint density at radius 3 is 2.70 bits per heavy atom. The highest BCUT2D eigenvalue weighted by Crippen LogP contribution is 2.24. The summed E-state index contributed by atoms with van der Waals surface area (Å²) >= 11 is 7.95. The highest BCUT2D eigenvalue weighted by atomic mass is 127. The number of rotatable bonds is 6. The van der Waals surface area contributed by atoms with Gasteiger partial charge in [-0.05, 0) is 70.6 Å². The topological polar surface area (TPSA) is 59.9 Å². The highest BCUT2D eigenvalue weighted by Gasteiger charge is 2.05. The second-order valence-electron chi connectivity index (χ2n) is 4.43. The smallest absolute Gasteiger partial charge is 0.277 e. The zero-order valence-electron chi connectivity index (χ0n) is 12.3. The first-order chi connectivity index (χ1) is 11.1. The zero-order chi connectivity index (χ0) is 16.7. The number of halogens is 2. The first-order valence-electron chi connectivity index (χ1n) is 6.62. The van der Waals surface area contributed by atoms with Crippen LogP contribution in [0.1, 0.15) is 5.56 Å². The molecule has 0 saturated heterocycles. The lowest BCUT2D eigenvalue weighted by Crippen LogP contribution is -2.24. The number of nitrogens with one attached hydrogen (secondary N) is 1. The number of carbonyl (C=O) groups excluding carboxylic acids is 1. The van der Waals surface area contributed by atoms with Crippen molar-refractivity contribution < 1.29 is 14.3 Å². The predicted octanol–water partition coefficient (Wildman–Crippen LogP) is 3.48. The normalized spacial score (nSPS) is 10.6. The average molecular weight is 445 g/mol. The van der Waals surface area contributed by atoms with Gasteiger partial charge >= 0.3 is 0 Å². The number of nitrogens with zero attached hydrogens (tertiary/aromatic N) is 1. The fourth-order valence-corrected chi connectivity index (χ4v) is 2.66. The lowest BCUT2D eigenvalue weighted by molar-refractivity contribution is -0.123. The summed E-state index contributed by atoms with van der Waals surface area (Å²) in [5, 5.41) is 4.50. The number of carbonyl (C=O) groups is 1. The van der Waals surface area contributed by atoms with Gasteiger partial charge in [0.25, 0.3) is 5.91 Å². The summed E-state index contributed by atoms with van der Waals surface area (Å²) in [6.07, 6.45) is 1.55. The van der Waals surface area contributed by atoms with Gasteiger partial charge in [0, 0.05) is 5.02 Å². The van der Waals surface area contributed by atoms with Crippen LogP contribution in [0.3, 0.4) is 0 Å². The lowest BCUT2D eigenvalue weighted by atomic mass is 10.2. The van der Waals surface area contributed by atoms with Gasteiger partial charge in [0.2, 0.25) is 0 Å². The molecular weight excluding hydrogens is 431 g/mol. The highest BCUT2D eigenvalue weighted by molar-refractivity contribution is 14.1. The molecule has 0 heterocycles. The van der Waals surface area contributed by atoms with E-state index in [2.05, 4.69) is 33.1 Å². The van der Waals surface area contributed by atoms with E-state index in [9.17, 15) is 4.79 Å². The van der Waals surface area contributed by atoms with Crippen molar-refractivity contribution in [3.8, 4) is 11.5 Å². The molecule has 120 valence electrons. The third kappa shape index (κ3) is 5.72. The minimum Gasteiger partial charge on any atom is -0.497 e. The molecule has 0 spiro atoms. The van der Waals surface area contributed by atoms with Crippen molar-refractivity contribution in [1.29, 1.82) is 0 Å². The van der Waals surface area contributed by atoms with Gasteiger partial charge in [-0.25, -0.2) is 5.43 Å². The van der Waals surface area contributed by atoms with Gasteiger partial charge in [-0.15, -0.1) is 0 Å². The van der Waals surface area contributed by atoms with Gasteiger partial charge in [-0.1, -0.05) is 11.6 Å². The standard InChI is InChI=1S/C16H14ClIN2O3/c1-22-13-5-2-11(3-6-13)9-19-20-16(21)10-23-15-7-4-12(17)8-14(15)18/h2-9H,10H2,1H3,(H,20,21)/b19-9+. The summed E-state index contributed by atoms with van der Waals surface area (Å²) in [5.74, 6) is 1.02. The number of ether oxygens (including phenoxy) is 2. The number of methoxy groups -OCH3 is 1. The summed E-state index contributed by atoms with van der Waals surface area (Å²) in [4.78, 5) is 11.7. The third-order valence-corrected chi connectivity index (χ3v) is 3.85. The molecule has 2 aromatic carbocycles.